The minimum Gasteiger partial charge on any atom is -0.378 e. The quantitative estimate of drug-likeness (QED) is 0.402. The Kier molecular flexibility index (Phi) is 8.59. The Labute approximate surface area is 174 Å². The van der Waals surface area contributed by atoms with Gasteiger partial charge in [0.1, 0.15) is 12.4 Å². The fourth-order valence-corrected chi connectivity index (χ4v) is 3.69. The second-order valence-electron chi connectivity index (χ2n) is 7.13. The molecule has 148 valence electrons. The van der Waals surface area contributed by atoms with Gasteiger partial charge in [0.2, 0.25) is 0 Å². The number of likely N-dealkylation sites (tertiary alicyclic amines) is 1. The zero-order valence-corrected chi connectivity index (χ0v) is 18.6. The van der Waals surface area contributed by atoms with Crippen LogP contribution in [-0.2, 0) is 18.3 Å². The molecular weight excluding hydrogens is 443 g/mol. The molecule has 0 spiro atoms. The van der Waals surface area contributed by atoms with E-state index in [-0.39, 0.29) is 24.0 Å². The number of nitrogens with zero attached hydrogens (tertiary/aromatic N) is 5. The molecule has 2 aliphatic rings. The van der Waals surface area contributed by atoms with Crippen molar-refractivity contribution in [1.82, 2.24) is 25.0 Å². The summed E-state index contributed by atoms with van der Waals surface area (Å²) in [6.07, 6.45) is 7.68. The van der Waals surface area contributed by atoms with Crippen LogP contribution >= 0.6 is 24.0 Å². The molecule has 1 saturated heterocycles. The molecule has 26 heavy (non-hydrogen) atoms. The van der Waals surface area contributed by atoms with Gasteiger partial charge in [-0.2, -0.15) is 0 Å². The van der Waals surface area contributed by atoms with E-state index >= 15 is 0 Å². The summed E-state index contributed by atoms with van der Waals surface area (Å²) >= 11 is 0. The molecule has 0 amide bonds. The lowest BCUT2D eigenvalue weighted by Crippen LogP contribution is -2.49. The highest BCUT2D eigenvalue weighted by Gasteiger charge is 2.24. The Morgan fingerprint density at radius 2 is 1.88 bits per heavy atom. The smallest absolute Gasteiger partial charge is 0.194 e. The number of aromatic nitrogens is 3. The first-order chi connectivity index (χ1) is 12.2. The van der Waals surface area contributed by atoms with Gasteiger partial charge < -0.3 is 19.5 Å². The highest BCUT2D eigenvalue weighted by molar-refractivity contribution is 14.0. The number of hydrogen-bond donors (Lipinski definition) is 1. The normalized spacial score (nSPS) is 19.7. The molecule has 2 fully saturated rings. The molecule has 0 atom stereocenters. The van der Waals surface area contributed by atoms with Gasteiger partial charge in [0, 0.05) is 32.8 Å². The molecule has 0 unspecified atom stereocenters. The highest BCUT2D eigenvalue weighted by atomic mass is 127. The third-order valence-corrected chi connectivity index (χ3v) is 5.39. The zero-order chi connectivity index (χ0) is 17.6. The first-order valence-electron chi connectivity index (χ1n) is 9.69. The first-order valence-corrected chi connectivity index (χ1v) is 9.69. The topological polar surface area (TPSA) is 67.6 Å². The number of rotatable bonds is 5. The van der Waals surface area contributed by atoms with Crippen LogP contribution in [-0.4, -0.2) is 57.5 Å². The summed E-state index contributed by atoms with van der Waals surface area (Å²) in [4.78, 5) is 7.28. The van der Waals surface area contributed by atoms with Crippen molar-refractivity contribution in [1.29, 1.82) is 0 Å². The summed E-state index contributed by atoms with van der Waals surface area (Å²) in [5.74, 6) is 2.86. The maximum absolute atomic E-state index is 5.78. The number of nitrogens with one attached hydrogen (secondary N) is 1. The van der Waals surface area contributed by atoms with E-state index in [1.165, 1.54) is 25.7 Å². The van der Waals surface area contributed by atoms with Gasteiger partial charge in [0.15, 0.2) is 11.8 Å². The van der Waals surface area contributed by atoms with Crippen LogP contribution in [0.3, 0.4) is 0 Å². The number of ether oxygens (including phenoxy) is 1. The lowest BCUT2D eigenvalue weighted by Gasteiger charge is -2.35. The van der Waals surface area contributed by atoms with Gasteiger partial charge in [-0.15, -0.1) is 34.2 Å². The summed E-state index contributed by atoms with van der Waals surface area (Å²) in [6.45, 7) is 7.41. The summed E-state index contributed by atoms with van der Waals surface area (Å²) < 4.78 is 7.80. The first kappa shape index (κ1) is 21.4. The van der Waals surface area contributed by atoms with Gasteiger partial charge in [-0.25, -0.2) is 4.99 Å². The fourth-order valence-electron chi connectivity index (χ4n) is 3.69. The number of piperidine rings is 1. The van der Waals surface area contributed by atoms with E-state index in [9.17, 15) is 0 Å². The van der Waals surface area contributed by atoms with Crippen molar-refractivity contribution in [3.63, 3.8) is 0 Å². The predicted molar refractivity (Wildman–Crippen MR) is 114 cm³/mol. The van der Waals surface area contributed by atoms with E-state index in [2.05, 4.69) is 27.3 Å². The Balaban J connectivity index is 0.00000243. The van der Waals surface area contributed by atoms with Gasteiger partial charge in [-0.05, 0) is 39.5 Å². The molecule has 0 aromatic carbocycles. The third-order valence-electron chi connectivity index (χ3n) is 5.39. The molecule has 1 saturated carbocycles. The molecule has 0 radical (unpaired) electrons. The number of hydrogen-bond acceptors (Lipinski definition) is 4. The molecule has 8 heteroatoms. The van der Waals surface area contributed by atoms with E-state index in [1.54, 1.807) is 0 Å². The van der Waals surface area contributed by atoms with Gasteiger partial charge in [0.25, 0.3) is 0 Å². The average Bonchev–Trinajstić information content (AvgIpc) is 3.24. The van der Waals surface area contributed by atoms with E-state index in [0.717, 1.165) is 50.1 Å². The van der Waals surface area contributed by atoms with Gasteiger partial charge in [-0.1, -0.05) is 12.8 Å². The van der Waals surface area contributed by atoms with Crippen molar-refractivity contribution in [2.75, 3.05) is 19.7 Å². The number of halogens is 1. The van der Waals surface area contributed by atoms with Crippen molar-refractivity contribution >= 4 is 29.9 Å². The minimum absolute atomic E-state index is 0. The molecule has 3 rings (SSSR count). The maximum Gasteiger partial charge on any atom is 0.194 e. The second-order valence-corrected chi connectivity index (χ2v) is 7.13. The minimum atomic E-state index is 0. The van der Waals surface area contributed by atoms with Crippen molar-refractivity contribution in [2.45, 2.75) is 71.1 Å². The third kappa shape index (κ3) is 5.55. The average molecular weight is 476 g/mol. The van der Waals surface area contributed by atoms with Crippen molar-refractivity contribution in [3.05, 3.63) is 11.6 Å². The Morgan fingerprint density at radius 3 is 2.46 bits per heavy atom. The summed E-state index contributed by atoms with van der Waals surface area (Å²) in [7, 11) is 2.00. The van der Waals surface area contributed by atoms with E-state index < -0.39 is 0 Å². The Morgan fingerprint density at radius 1 is 1.19 bits per heavy atom. The predicted octanol–water partition coefficient (Wildman–Crippen LogP) is 2.63. The molecule has 2 heterocycles. The maximum atomic E-state index is 5.78. The lowest BCUT2D eigenvalue weighted by molar-refractivity contribution is 0.0262. The van der Waals surface area contributed by atoms with Crippen LogP contribution in [0.1, 0.15) is 57.1 Å². The molecule has 1 aromatic rings. The Hall–Kier alpha value is -0.900. The monoisotopic (exact) mass is 476 g/mol. The largest absolute Gasteiger partial charge is 0.378 e. The SMILES string of the molecule is CCOC1CCN(C(=NCc2nnc(C)n2C)NC2CCCC2)CC1.I. The van der Waals surface area contributed by atoms with Gasteiger partial charge in [0.05, 0.1) is 6.10 Å². The molecule has 0 bridgehead atoms. The summed E-state index contributed by atoms with van der Waals surface area (Å²) in [5, 5.41) is 12.1. The van der Waals surface area contributed by atoms with E-state index in [1.807, 2.05) is 18.5 Å². The van der Waals surface area contributed by atoms with Crippen LogP contribution in [0.5, 0.6) is 0 Å². The standard InChI is InChI=1S/C18H32N6O.HI/c1-4-25-16-9-11-24(12-10-16)18(20-15-7-5-6-8-15)19-13-17-22-21-14(2)23(17)3;/h15-16H,4-13H2,1-3H3,(H,19,20);1H. The summed E-state index contributed by atoms with van der Waals surface area (Å²) in [6, 6.07) is 0.560. The van der Waals surface area contributed by atoms with Crippen LogP contribution in [0.2, 0.25) is 0 Å². The second kappa shape index (κ2) is 10.4. The van der Waals surface area contributed by atoms with Crippen LogP contribution in [0.4, 0.5) is 0 Å². The van der Waals surface area contributed by atoms with Gasteiger partial charge >= 0.3 is 0 Å². The van der Waals surface area contributed by atoms with Crippen molar-refractivity contribution in [3.8, 4) is 0 Å². The zero-order valence-electron chi connectivity index (χ0n) is 16.3. The molecule has 1 N–H and O–H groups in total. The van der Waals surface area contributed by atoms with E-state index in [0.29, 0.717) is 18.7 Å². The molecule has 1 aromatic heterocycles. The van der Waals surface area contributed by atoms with Crippen molar-refractivity contribution < 1.29 is 4.74 Å². The number of aliphatic imine (C=N–C) groups is 1. The highest BCUT2D eigenvalue weighted by Crippen LogP contribution is 2.19. The van der Waals surface area contributed by atoms with Crippen molar-refractivity contribution in [2.24, 2.45) is 12.0 Å². The lowest BCUT2D eigenvalue weighted by atomic mass is 10.1. The number of aryl methyl sites for hydroxylation is 1. The molecule has 1 aliphatic heterocycles. The summed E-state index contributed by atoms with van der Waals surface area (Å²) in [5.41, 5.74) is 0. The van der Waals surface area contributed by atoms with Gasteiger partial charge in [-0.3, -0.25) is 0 Å². The van der Waals surface area contributed by atoms with Crippen LogP contribution in [0, 0.1) is 6.92 Å². The molecule has 1 aliphatic carbocycles. The molecular formula is C18H33IN6O. The Bertz CT molecular complexity index is 576. The fraction of sp³-hybridized carbons (Fsp3) is 0.833. The molecule has 7 nitrogen and oxygen atoms in total. The van der Waals surface area contributed by atoms with Crippen LogP contribution in [0.15, 0.2) is 4.99 Å². The van der Waals surface area contributed by atoms with Crippen LogP contribution < -0.4 is 5.32 Å². The number of guanidine groups is 1. The van der Waals surface area contributed by atoms with E-state index in [4.69, 9.17) is 9.73 Å². The van der Waals surface area contributed by atoms with Crippen LogP contribution in [0.25, 0.3) is 0 Å².